The van der Waals surface area contributed by atoms with E-state index in [0.29, 0.717) is 6.54 Å². The summed E-state index contributed by atoms with van der Waals surface area (Å²) in [7, 11) is 1.81. The summed E-state index contributed by atoms with van der Waals surface area (Å²) in [5.41, 5.74) is 2.30. The summed E-state index contributed by atoms with van der Waals surface area (Å²) in [6.07, 6.45) is 1.61. The van der Waals surface area contributed by atoms with Crippen molar-refractivity contribution in [1.29, 1.82) is 0 Å². The van der Waals surface area contributed by atoms with E-state index in [9.17, 15) is 4.79 Å². The first-order valence-electron chi connectivity index (χ1n) is 8.61. The normalized spacial score (nSPS) is 15.7. The number of furan rings is 1. The maximum atomic E-state index is 12.5. The van der Waals surface area contributed by atoms with E-state index in [1.54, 1.807) is 18.2 Å². The van der Waals surface area contributed by atoms with E-state index in [4.69, 9.17) is 9.15 Å². The van der Waals surface area contributed by atoms with Gasteiger partial charge in [-0.3, -0.25) is 0 Å². The van der Waals surface area contributed by atoms with Gasteiger partial charge in [0.15, 0.2) is 0 Å². The number of rotatable bonds is 5. The highest BCUT2D eigenvalue weighted by atomic mass is 16.5. The van der Waals surface area contributed by atoms with E-state index in [1.807, 2.05) is 31.2 Å². The Hall–Kier alpha value is -2.47. The molecule has 1 aromatic heterocycles. The van der Waals surface area contributed by atoms with Gasteiger partial charge in [-0.1, -0.05) is 18.2 Å². The van der Waals surface area contributed by atoms with Crippen molar-refractivity contribution < 1.29 is 13.9 Å². The number of amides is 2. The minimum Gasteiger partial charge on any atom is -0.467 e. The first-order chi connectivity index (χ1) is 12.1. The molecule has 1 N–H and O–H groups in total. The minimum atomic E-state index is -0.167. The Morgan fingerprint density at radius 2 is 2.00 bits per heavy atom. The number of carbonyl (C=O) groups is 1. The van der Waals surface area contributed by atoms with Crippen LogP contribution in [0.5, 0.6) is 0 Å². The van der Waals surface area contributed by atoms with Crippen molar-refractivity contribution in [3.63, 3.8) is 0 Å². The number of anilines is 1. The van der Waals surface area contributed by atoms with Gasteiger partial charge in [-0.2, -0.15) is 0 Å². The zero-order valence-corrected chi connectivity index (χ0v) is 14.8. The van der Waals surface area contributed by atoms with Crippen LogP contribution in [0.25, 0.3) is 0 Å². The summed E-state index contributed by atoms with van der Waals surface area (Å²) in [6, 6.07) is 11.6. The number of ether oxygens (including phenoxy) is 1. The number of hydrogen-bond donors (Lipinski definition) is 1. The Morgan fingerprint density at radius 1 is 1.24 bits per heavy atom. The lowest BCUT2D eigenvalue weighted by molar-refractivity contribution is 0.122. The number of benzene rings is 1. The molecule has 1 aliphatic rings. The first-order valence-corrected chi connectivity index (χ1v) is 8.61. The van der Waals surface area contributed by atoms with Crippen molar-refractivity contribution in [2.75, 3.05) is 38.3 Å². The molecule has 1 fully saturated rings. The maximum Gasteiger partial charge on any atom is 0.318 e. The van der Waals surface area contributed by atoms with Gasteiger partial charge >= 0.3 is 6.03 Å². The van der Waals surface area contributed by atoms with Gasteiger partial charge in [0.05, 0.1) is 25.5 Å². The van der Waals surface area contributed by atoms with Gasteiger partial charge in [0.1, 0.15) is 5.76 Å². The van der Waals surface area contributed by atoms with Crippen LogP contribution in [0.2, 0.25) is 0 Å². The van der Waals surface area contributed by atoms with E-state index < -0.39 is 0 Å². The summed E-state index contributed by atoms with van der Waals surface area (Å²) in [5, 5.41) is 2.96. The third-order valence-electron chi connectivity index (χ3n) is 4.41. The molecule has 2 heterocycles. The van der Waals surface area contributed by atoms with Crippen molar-refractivity contribution in [3.05, 3.63) is 54.0 Å². The molecule has 0 saturated carbocycles. The fraction of sp³-hybridized carbons (Fsp3) is 0.421. The molecule has 1 saturated heterocycles. The minimum absolute atomic E-state index is 0.124. The number of hydrogen-bond acceptors (Lipinski definition) is 4. The van der Waals surface area contributed by atoms with Gasteiger partial charge < -0.3 is 24.3 Å². The molecule has 2 amide bonds. The zero-order chi connectivity index (χ0) is 17.6. The number of morpholine rings is 1. The molecule has 0 spiro atoms. The molecule has 3 rings (SSSR count). The Kier molecular flexibility index (Phi) is 5.60. The van der Waals surface area contributed by atoms with Gasteiger partial charge in [-0.15, -0.1) is 0 Å². The Bertz CT molecular complexity index is 681. The molecule has 6 nitrogen and oxygen atoms in total. The second kappa shape index (κ2) is 8.07. The molecule has 1 aromatic carbocycles. The maximum absolute atomic E-state index is 12.5. The quantitative estimate of drug-likeness (QED) is 0.907. The fourth-order valence-corrected chi connectivity index (χ4v) is 2.99. The van der Waals surface area contributed by atoms with Crippen LogP contribution in [-0.2, 0) is 11.3 Å². The largest absolute Gasteiger partial charge is 0.467 e. The van der Waals surface area contributed by atoms with Crippen molar-refractivity contribution in [1.82, 2.24) is 10.2 Å². The standard InChI is InChI=1S/C19H25N3O3/c1-15(18-8-5-11-25-18)20-19(23)21(2)14-16-6-3-4-7-17(16)22-9-12-24-13-10-22/h3-8,11,15H,9-10,12-14H2,1-2H3,(H,20,23). The highest BCUT2D eigenvalue weighted by Gasteiger charge is 2.18. The lowest BCUT2D eigenvalue weighted by atomic mass is 10.1. The van der Waals surface area contributed by atoms with Crippen molar-refractivity contribution >= 4 is 11.7 Å². The van der Waals surface area contributed by atoms with E-state index >= 15 is 0 Å². The molecular formula is C19H25N3O3. The van der Waals surface area contributed by atoms with Crippen molar-refractivity contribution in [3.8, 4) is 0 Å². The number of nitrogens with zero attached hydrogens (tertiary/aromatic N) is 2. The molecule has 1 unspecified atom stereocenters. The topological polar surface area (TPSA) is 58.0 Å². The van der Waals surface area contributed by atoms with Crippen molar-refractivity contribution in [2.24, 2.45) is 0 Å². The third-order valence-corrected chi connectivity index (χ3v) is 4.41. The molecule has 0 aliphatic carbocycles. The Labute approximate surface area is 148 Å². The van der Waals surface area contributed by atoms with Crippen LogP contribution in [0.15, 0.2) is 47.1 Å². The molecule has 25 heavy (non-hydrogen) atoms. The second-order valence-corrected chi connectivity index (χ2v) is 6.27. The predicted molar refractivity (Wildman–Crippen MR) is 96.6 cm³/mol. The zero-order valence-electron chi connectivity index (χ0n) is 14.8. The predicted octanol–water partition coefficient (Wildman–Crippen LogP) is 3.02. The van der Waals surface area contributed by atoms with Crippen LogP contribution < -0.4 is 10.2 Å². The average Bonchev–Trinajstić information content (AvgIpc) is 3.17. The SMILES string of the molecule is CC(NC(=O)N(C)Cc1ccccc1N1CCOCC1)c1ccco1. The van der Waals surface area contributed by atoms with E-state index in [2.05, 4.69) is 22.3 Å². The Morgan fingerprint density at radius 3 is 2.72 bits per heavy atom. The number of urea groups is 1. The third kappa shape index (κ3) is 4.33. The van der Waals surface area contributed by atoms with Gasteiger partial charge in [-0.25, -0.2) is 4.79 Å². The molecule has 0 bridgehead atoms. The lowest BCUT2D eigenvalue weighted by Crippen LogP contribution is -2.39. The van der Waals surface area contributed by atoms with Gasteiger partial charge in [0.2, 0.25) is 0 Å². The van der Waals surface area contributed by atoms with Crippen LogP contribution in [-0.4, -0.2) is 44.3 Å². The fourth-order valence-electron chi connectivity index (χ4n) is 2.99. The van der Waals surface area contributed by atoms with Crippen LogP contribution in [0.4, 0.5) is 10.5 Å². The average molecular weight is 343 g/mol. The Balaban J connectivity index is 1.64. The molecular weight excluding hydrogens is 318 g/mol. The summed E-state index contributed by atoms with van der Waals surface area (Å²) >= 11 is 0. The van der Waals surface area contributed by atoms with Crippen LogP contribution in [0.1, 0.15) is 24.3 Å². The number of nitrogens with one attached hydrogen (secondary N) is 1. The molecule has 0 radical (unpaired) electrons. The summed E-state index contributed by atoms with van der Waals surface area (Å²) in [5.74, 6) is 0.746. The van der Waals surface area contributed by atoms with Crippen LogP contribution in [0.3, 0.4) is 0 Å². The van der Waals surface area contributed by atoms with Gasteiger partial charge in [0.25, 0.3) is 0 Å². The van der Waals surface area contributed by atoms with Crippen LogP contribution in [0, 0.1) is 0 Å². The molecule has 1 aliphatic heterocycles. The summed E-state index contributed by atoms with van der Waals surface area (Å²) in [4.78, 5) is 16.5. The van der Waals surface area contributed by atoms with E-state index in [0.717, 1.165) is 37.6 Å². The van der Waals surface area contributed by atoms with E-state index in [1.165, 1.54) is 5.69 Å². The molecule has 2 aromatic rings. The molecule has 134 valence electrons. The lowest BCUT2D eigenvalue weighted by Gasteiger charge is -2.31. The molecule has 1 atom stereocenters. The number of para-hydroxylation sites is 1. The van der Waals surface area contributed by atoms with E-state index in [-0.39, 0.29) is 12.1 Å². The van der Waals surface area contributed by atoms with Crippen LogP contribution >= 0.6 is 0 Å². The smallest absolute Gasteiger partial charge is 0.318 e. The van der Waals surface area contributed by atoms with Gasteiger partial charge in [0, 0.05) is 32.4 Å². The number of carbonyl (C=O) groups excluding carboxylic acids is 1. The highest BCUT2D eigenvalue weighted by molar-refractivity contribution is 5.74. The summed E-state index contributed by atoms with van der Waals surface area (Å²) < 4.78 is 10.8. The van der Waals surface area contributed by atoms with Gasteiger partial charge in [-0.05, 0) is 30.7 Å². The molecule has 6 heteroatoms. The highest BCUT2D eigenvalue weighted by Crippen LogP contribution is 2.23. The summed E-state index contributed by atoms with van der Waals surface area (Å²) in [6.45, 7) is 5.69. The first kappa shape index (κ1) is 17.4. The van der Waals surface area contributed by atoms with Crippen molar-refractivity contribution in [2.45, 2.75) is 19.5 Å². The monoisotopic (exact) mass is 343 g/mol. The second-order valence-electron chi connectivity index (χ2n) is 6.27.